The molecule has 0 saturated carbocycles. The van der Waals surface area contributed by atoms with Crippen LogP contribution >= 0.6 is 15.9 Å². The topological polar surface area (TPSA) is 34.2 Å². The first-order valence-corrected chi connectivity index (χ1v) is 7.27. The second-order valence-corrected chi connectivity index (χ2v) is 5.18. The zero-order valence-corrected chi connectivity index (χ0v) is 12.8. The summed E-state index contributed by atoms with van der Waals surface area (Å²) in [6, 6.07) is 8.94. The van der Waals surface area contributed by atoms with Crippen LogP contribution in [-0.4, -0.2) is 11.5 Å². The normalized spacial score (nSPS) is 10.6. The minimum Gasteiger partial charge on any atom is -0.438 e. The Morgan fingerprint density at radius 2 is 2.15 bits per heavy atom. The molecule has 1 heterocycles. The van der Waals surface area contributed by atoms with E-state index in [0.717, 1.165) is 23.6 Å². The largest absolute Gasteiger partial charge is 0.438 e. The lowest BCUT2D eigenvalue weighted by Crippen LogP contribution is -2.15. The zero-order valence-electron chi connectivity index (χ0n) is 11.2. The van der Waals surface area contributed by atoms with Crippen molar-refractivity contribution in [1.29, 1.82) is 0 Å². The number of ether oxygens (including phenoxy) is 1. The van der Waals surface area contributed by atoms with Crippen LogP contribution in [0.4, 0.5) is 4.39 Å². The first-order chi connectivity index (χ1) is 9.70. The highest BCUT2D eigenvalue weighted by molar-refractivity contribution is 9.10. The van der Waals surface area contributed by atoms with Crippen LogP contribution in [0.2, 0.25) is 0 Å². The van der Waals surface area contributed by atoms with E-state index >= 15 is 0 Å². The second-order valence-electron chi connectivity index (χ2n) is 4.33. The highest BCUT2D eigenvalue weighted by Gasteiger charge is 2.10. The number of nitrogens with zero attached hydrogens (tertiary/aromatic N) is 1. The Kier molecular flexibility index (Phi) is 5.49. The molecule has 0 radical (unpaired) electrons. The SMILES string of the molecule is CCCNCc1cc(F)cnc1Oc1ccccc1Br. The van der Waals surface area contributed by atoms with E-state index in [9.17, 15) is 4.39 Å². The lowest BCUT2D eigenvalue weighted by atomic mass is 10.2. The van der Waals surface area contributed by atoms with Crippen molar-refractivity contribution in [2.75, 3.05) is 6.54 Å². The molecule has 0 unspecified atom stereocenters. The predicted molar refractivity (Wildman–Crippen MR) is 80.4 cm³/mol. The number of benzene rings is 1. The van der Waals surface area contributed by atoms with E-state index in [1.165, 1.54) is 6.07 Å². The number of nitrogens with one attached hydrogen (secondary N) is 1. The Hall–Kier alpha value is -1.46. The Bertz CT molecular complexity index is 578. The fraction of sp³-hybridized carbons (Fsp3) is 0.267. The van der Waals surface area contributed by atoms with Gasteiger partial charge in [0, 0.05) is 12.1 Å². The molecule has 20 heavy (non-hydrogen) atoms. The van der Waals surface area contributed by atoms with Gasteiger partial charge in [-0.3, -0.25) is 0 Å². The van der Waals surface area contributed by atoms with Gasteiger partial charge in [0.2, 0.25) is 5.88 Å². The molecule has 0 amide bonds. The fourth-order valence-corrected chi connectivity index (χ4v) is 2.08. The molecular weight excluding hydrogens is 323 g/mol. The van der Waals surface area contributed by atoms with Crippen molar-refractivity contribution in [2.45, 2.75) is 19.9 Å². The lowest BCUT2D eigenvalue weighted by molar-refractivity contribution is 0.446. The van der Waals surface area contributed by atoms with Gasteiger partial charge >= 0.3 is 0 Å². The van der Waals surface area contributed by atoms with Gasteiger partial charge in [-0.25, -0.2) is 9.37 Å². The number of halogens is 2. The number of para-hydroxylation sites is 1. The van der Waals surface area contributed by atoms with Crippen molar-refractivity contribution in [3.63, 3.8) is 0 Å². The molecule has 1 N–H and O–H groups in total. The summed E-state index contributed by atoms with van der Waals surface area (Å²) in [7, 11) is 0. The summed E-state index contributed by atoms with van der Waals surface area (Å²) >= 11 is 3.41. The Balaban J connectivity index is 2.20. The number of hydrogen-bond donors (Lipinski definition) is 1. The molecule has 2 rings (SSSR count). The van der Waals surface area contributed by atoms with E-state index in [0.29, 0.717) is 23.7 Å². The first-order valence-electron chi connectivity index (χ1n) is 6.48. The van der Waals surface area contributed by atoms with Gasteiger partial charge in [0.05, 0.1) is 10.7 Å². The summed E-state index contributed by atoms with van der Waals surface area (Å²) in [5.41, 5.74) is 0.703. The van der Waals surface area contributed by atoms with Gasteiger partial charge in [0.15, 0.2) is 0 Å². The number of aromatic nitrogens is 1. The average molecular weight is 339 g/mol. The van der Waals surface area contributed by atoms with Crippen molar-refractivity contribution in [3.05, 3.63) is 52.4 Å². The van der Waals surface area contributed by atoms with Gasteiger partial charge in [0.1, 0.15) is 11.6 Å². The maximum Gasteiger partial charge on any atom is 0.223 e. The van der Waals surface area contributed by atoms with E-state index < -0.39 is 0 Å². The van der Waals surface area contributed by atoms with Gasteiger partial charge in [0.25, 0.3) is 0 Å². The summed E-state index contributed by atoms with van der Waals surface area (Å²) < 4.78 is 19.9. The lowest BCUT2D eigenvalue weighted by Gasteiger charge is -2.11. The van der Waals surface area contributed by atoms with E-state index in [1.54, 1.807) is 0 Å². The summed E-state index contributed by atoms with van der Waals surface area (Å²) in [4.78, 5) is 4.04. The standard InChI is InChI=1S/C15H16BrFN2O/c1-2-7-18-9-11-8-12(17)10-19-15(11)20-14-6-4-3-5-13(14)16/h3-6,8,10,18H,2,7,9H2,1H3. The quantitative estimate of drug-likeness (QED) is 0.798. The van der Waals surface area contributed by atoms with Crippen LogP contribution in [0, 0.1) is 5.82 Å². The van der Waals surface area contributed by atoms with Gasteiger partial charge in [-0.05, 0) is 47.1 Å². The Labute approximate surface area is 126 Å². The van der Waals surface area contributed by atoms with Crippen molar-refractivity contribution < 1.29 is 9.13 Å². The molecule has 1 aromatic heterocycles. The molecule has 0 bridgehead atoms. The molecule has 0 aliphatic heterocycles. The maximum absolute atomic E-state index is 13.3. The van der Waals surface area contributed by atoms with Crippen LogP contribution in [0.15, 0.2) is 41.0 Å². The minimum absolute atomic E-state index is 0.363. The summed E-state index contributed by atoms with van der Waals surface area (Å²) in [6.07, 6.45) is 2.18. The van der Waals surface area contributed by atoms with Crippen molar-refractivity contribution >= 4 is 15.9 Å². The Morgan fingerprint density at radius 3 is 2.90 bits per heavy atom. The third-order valence-corrected chi connectivity index (χ3v) is 3.33. The van der Waals surface area contributed by atoms with Crippen LogP contribution in [-0.2, 0) is 6.54 Å². The zero-order chi connectivity index (χ0) is 14.4. The molecule has 3 nitrogen and oxygen atoms in total. The van der Waals surface area contributed by atoms with Crippen molar-refractivity contribution in [3.8, 4) is 11.6 Å². The molecule has 0 aliphatic rings. The van der Waals surface area contributed by atoms with Gasteiger partial charge in [-0.2, -0.15) is 0 Å². The monoisotopic (exact) mass is 338 g/mol. The molecule has 0 atom stereocenters. The molecule has 0 spiro atoms. The number of pyridine rings is 1. The third kappa shape index (κ3) is 4.02. The fourth-order valence-electron chi connectivity index (χ4n) is 1.72. The molecule has 0 fully saturated rings. The van der Waals surface area contributed by atoms with Crippen LogP contribution in [0.1, 0.15) is 18.9 Å². The molecule has 106 valence electrons. The molecule has 0 saturated heterocycles. The summed E-state index contributed by atoms with van der Waals surface area (Å²) in [6.45, 7) is 3.47. The third-order valence-electron chi connectivity index (χ3n) is 2.68. The first kappa shape index (κ1) is 14.9. The number of rotatable bonds is 6. The average Bonchev–Trinajstić information content (AvgIpc) is 2.44. The van der Waals surface area contributed by atoms with Gasteiger partial charge in [-0.1, -0.05) is 19.1 Å². The highest BCUT2D eigenvalue weighted by atomic mass is 79.9. The molecule has 5 heteroatoms. The van der Waals surface area contributed by atoms with E-state index in [4.69, 9.17) is 4.74 Å². The molecule has 0 aliphatic carbocycles. The summed E-state index contributed by atoms with van der Waals surface area (Å²) in [5, 5.41) is 3.22. The van der Waals surface area contributed by atoms with Crippen LogP contribution in [0.25, 0.3) is 0 Å². The smallest absolute Gasteiger partial charge is 0.223 e. The molecule has 2 aromatic rings. The molecular formula is C15H16BrFN2O. The van der Waals surface area contributed by atoms with E-state index in [-0.39, 0.29) is 5.82 Å². The minimum atomic E-state index is -0.363. The van der Waals surface area contributed by atoms with Crippen LogP contribution in [0.5, 0.6) is 11.6 Å². The van der Waals surface area contributed by atoms with E-state index in [1.807, 2.05) is 24.3 Å². The van der Waals surface area contributed by atoms with Crippen molar-refractivity contribution in [2.24, 2.45) is 0 Å². The summed E-state index contributed by atoms with van der Waals surface area (Å²) in [5.74, 6) is 0.711. The predicted octanol–water partition coefficient (Wildman–Crippen LogP) is 4.28. The molecule has 1 aromatic carbocycles. The Morgan fingerprint density at radius 1 is 1.35 bits per heavy atom. The highest BCUT2D eigenvalue weighted by Crippen LogP contribution is 2.30. The van der Waals surface area contributed by atoms with Crippen LogP contribution in [0.3, 0.4) is 0 Å². The van der Waals surface area contributed by atoms with Crippen molar-refractivity contribution in [1.82, 2.24) is 10.3 Å². The second kappa shape index (κ2) is 7.36. The van der Waals surface area contributed by atoms with Gasteiger partial charge < -0.3 is 10.1 Å². The van der Waals surface area contributed by atoms with Crippen LogP contribution < -0.4 is 10.1 Å². The number of hydrogen-bond acceptors (Lipinski definition) is 3. The van der Waals surface area contributed by atoms with Gasteiger partial charge in [-0.15, -0.1) is 0 Å². The van der Waals surface area contributed by atoms with E-state index in [2.05, 4.69) is 33.2 Å². The maximum atomic E-state index is 13.3.